The Morgan fingerprint density at radius 2 is 0.326 bits per heavy atom. The zero-order valence-corrected chi connectivity index (χ0v) is 69.5. The molecule has 8 nitrogen and oxygen atoms in total. The van der Waals surface area contributed by atoms with Crippen molar-refractivity contribution in [1.82, 2.24) is 35.9 Å². The number of fused-ring (bicyclic) bond motifs is 36. The maximum absolute atomic E-state index is 2.48. The molecule has 0 bridgehead atoms. The van der Waals surface area contributed by atoms with Crippen molar-refractivity contribution >= 4 is 240 Å². The summed E-state index contributed by atoms with van der Waals surface area (Å²) >= 11 is 0. The zero-order chi connectivity index (χ0) is 82.7. The van der Waals surface area contributed by atoms with Crippen molar-refractivity contribution in [2.45, 2.75) is 22.3 Å². The van der Waals surface area contributed by atoms with Crippen molar-refractivity contribution in [2.24, 2.45) is 28.2 Å². The predicted molar refractivity (Wildman–Crippen MR) is 557 cm³/mol. The molecule has 31 aromatic rings. The van der Waals surface area contributed by atoms with Crippen LogP contribution in [0.15, 0.2) is 388 Å². The van der Waals surface area contributed by atoms with Crippen LogP contribution < -0.4 is 0 Å². The van der Waals surface area contributed by atoms with Crippen LogP contribution in [0.25, 0.3) is 273 Å². The summed E-state index contributed by atoms with van der Waals surface area (Å²) in [5.74, 6) is 0. The van der Waals surface area contributed by atoms with E-state index in [4.69, 9.17) is 0 Å². The van der Waals surface area contributed by atoms with Crippen LogP contribution in [-0.2, 0) is 28.2 Å². The highest BCUT2D eigenvalue weighted by molar-refractivity contribution is 6.32. The van der Waals surface area contributed by atoms with E-state index in [1.54, 1.807) is 0 Å². The molecule has 12 heterocycles. The van der Waals surface area contributed by atoms with Gasteiger partial charge in [0.15, 0.2) is 0 Å². The SMILES string of the molecule is C.C.C.Cn1c2ccccc2c2cc3c(cc21)c1cc(-c2ccccc2)cc2c4ccccc4n3c21.Cn1c2ccccc2c2cc3c(cc21)c1cccc2c4ccccc4n3c21.Cn1c2ccccc2c2cc3c4cc(-c5ccccc5)cc5c6ccccc6n(c3cc21)c54.Cn1c2ccccc2c2cc3c4cccc5c6ccc(-c7ccccc7)cc6n(c3cc21)c54. The average molecular weight is 1650 g/mol. The largest absolute Gasteiger partial charge is 0.344 e. The number of rotatable bonds is 3. The van der Waals surface area contributed by atoms with Crippen LogP contribution in [0.4, 0.5) is 0 Å². The van der Waals surface area contributed by atoms with Crippen molar-refractivity contribution < 1.29 is 0 Å². The maximum Gasteiger partial charge on any atom is 0.0620 e. The molecular formula is C121H88N8. The summed E-state index contributed by atoms with van der Waals surface area (Å²) in [5, 5.41) is 31.8. The third-order valence-corrected chi connectivity index (χ3v) is 28.6. The number of hydrogen-bond donors (Lipinski definition) is 0. The van der Waals surface area contributed by atoms with E-state index in [1.807, 2.05) is 0 Å². The molecule has 0 atom stereocenters. The number of hydrogen-bond acceptors (Lipinski definition) is 0. The lowest BCUT2D eigenvalue weighted by Crippen LogP contribution is -1.87. The Morgan fingerprint density at radius 1 is 0.116 bits per heavy atom. The molecule has 0 N–H and O–H groups in total. The number of aromatic nitrogens is 8. The Labute approximate surface area is 742 Å². The minimum absolute atomic E-state index is 0. The van der Waals surface area contributed by atoms with Gasteiger partial charge in [0.05, 0.1) is 77.2 Å². The lowest BCUT2D eigenvalue weighted by molar-refractivity contribution is 1.01. The quantitative estimate of drug-likeness (QED) is 0.169. The molecule has 0 unspecified atom stereocenters. The van der Waals surface area contributed by atoms with Crippen LogP contribution in [0.3, 0.4) is 0 Å². The van der Waals surface area contributed by atoms with Gasteiger partial charge in [-0.1, -0.05) is 289 Å². The Balaban J connectivity index is 0.0000000926. The number of nitrogens with zero attached hydrogens (tertiary/aromatic N) is 8. The van der Waals surface area contributed by atoms with Crippen molar-refractivity contribution in [1.29, 1.82) is 0 Å². The Hall–Kier alpha value is -16.4. The molecule has 129 heavy (non-hydrogen) atoms. The molecule has 612 valence electrons. The second kappa shape index (κ2) is 27.8. The van der Waals surface area contributed by atoms with Crippen LogP contribution >= 0.6 is 0 Å². The molecule has 31 rings (SSSR count). The monoisotopic (exact) mass is 1650 g/mol. The maximum atomic E-state index is 2.48. The highest BCUT2D eigenvalue weighted by atomic mass is 15.0. The fraction of sp³-hybridized carbons (Fsp3) is 0.0579. The predicted octanol–water partition coefficient (Wildman–Crippen LogP) is 32.8. The smallest absolute Gasteiger partial charge is 0.0620 e. The van der Waals surface area contributed by atoms with Gasteiger partial charge in [-0.2, -0.15) is 0 Å². The van der Waals surface area contributed by atoms with Crippen molar-refractivity contribution in [3.63, 3.8) is 0 Å². The van der Waals surface area contributed by atoms with Crippen LogP contribution in [0.2, 0.25) is 0 Å². The Bertz CT molecular complexity index is 10000. The summed E-state index contributed by atoms with van der Waals surface area (Å²) in [5.41, 5.74) is 33.4. The van der Waals surface area contributed by atoms with E-state index in [-0.39, 0.29) is 22.3 Å². The summed E-state index contributed by atoms with van der Waals surface area (Å²) in [6.07, 6.45) is 0. The van der Waals surface area contributed by atoms with Crippen LogP contribution in [-0.4, -0.2) is 35.9 Å². The highest BCUT2D eigenvalue weighted by Crippen LogP contribution is 2.50. The lowest BCUT2D eigenvalue weighted by atomic mass is 9.99. The van der Waals surface area contributed by atoms with Crippen LogP contribution in [0, 0.1) is 0 Å². The van der Waals surface area contributed by atoms with Crippen molar-refractivity contribution in [3.05, 3.63) is 388 Å². The molecule has 0 aliphatic carbocycles. The van der Waals surface area contributed by atoms with Gasteiger partial charge in [0.1, 0.15) is 0 Å². The van der Waals surface area contributed by atoms with E-state index in [1.165, 1.54) is 273 Å². The van der Waals surface area contributed by atoms with E-state index >= 15 is 0 Å². The van der Waals surface area contributed by atoms with E-state index in [9.17, 15) is 0 Å². The Morgan fingerprint density at radius 3 is 0.698 bits per heavy atom. The molecule has 0 aliphatic heterocycles. The molecule has 0 fully saturated rings. The summed E-state index contributed by atoms with van der Waals surface area (Å²) in [7, 11) is 8.70. The standard InChI is InChI=1S/3C31H20N2.C25H16N2.3CH4/c1-32-27-13-7-5-11-21(27)23-18-30-24(17-29(23)32)26-16-20(19-9-3-2-4-10-19)15-25-22-12-6-8-14-28(22)33(30)31(25)26;1-32-27-13-7-5-11-21(27)23-17-24-26-16-20(19-9-3-2-4-10-19)15-25-22-12-6-8-14-28(22)33(31(25)26)30(24)18-29(23)32;1-32-27-13-6-5-10-21(27)25-17-26-24-12-7-11-23-22-15-14-20(19-8-3-2-4-9-19)16-29(22)33(31(23)24)30(26)18-28(25)32;1-26-21-11-4-2-8-16(21)19-14-24-20(13-23(19)26)18-10-6-9-17-15-7-3-5-12-22(15)27(24)25(17)18;;;/h3*2-18H,1H3;2-14H,1H3;3*1H4. The van der Waals surface area contributed by atoms with E-state index in [0.717, 1.165) is 0 Å². The van der Waals surface area contributed by atoms with E-state index < -0.39 is 0 Å². The van der Waals surface area contributed by atoms with Crippen LogP contribution in [0.1, 0.15) is 22.3 Å². The van der Waals surface area contributed by atoms with Gasteiger partial charge in [0, 0.05) is 191 Å². The van der Waals surface area contributed by atoms with Gasteiger partial charge in [-0.15, -0.1) is 0 Å². The summed E-state index contributed by atoms with van der Waals surface area (Å²) < 4.78 is 19.2. The van der Waals surface area contributed by atoms with Gasteiger partial charge >= 0.3 is 0 Å². The minimum atomic E-state index is 0. The van der Waals surface area contributed by atoms with Crippen molar-refractivity contribution in [2.75, 3.05) is 0 Å². The molecule has 0 amide bonds. The molecule has 8 heteroatoms. The molecule has 12 aromatic heterocycles. The average Bonchev–Trinajstić information content (AvgIpc) is 1.54. The summed E-state index contributed by atoms with van der Waals surface area (Å²) in [6.45, 7) is 0. The third kappa shape index (κ3) is 10.2. The van der Waals surface area contributed by atoms with Crippen molar-refractivity contribution in [3.8, 4) is 33.4 Å². The molecule has 0 saturated heterocycles. The lowest BCUT2D eigenvalue weighted by Gasteiger charge is -2.04. The topological polar surface area (TPSA) is 37.4 Å². The second-order valence-electron chi connectivity index (χ2n) is 34.8. The van der Waals surface area contributed by atoms with Gasteiger partial charge in [-0.3, -0.25) is 0 Å². The fourth-order valence-corrected chi connectivity index (χ4v) is 22.9. The fourth-order valence-electron chi connectivity index (χ4n) is 22.9. The molecular weight excluding hydrogens is 1570 g/mol. The van der Waals surface area contributed by atoms with Gasteiger partial charge < -0.3 is 35.9 Å². The first-order valence-electron chi connectivity index (χ1n) is 43.7. The number of aryl methyl sites for hydroxylation is 4. The van der Waals surface area contributed by atoms with Gasteiger partial charge in [0.25, 0.3) is 0 Å². The number of benzene rings is 19. The van der Waals surface area contributed by atoms with E-state index in [2.05, 4.69) is 452 Å². The molecule has 0 spiro atoms. The van der Waals surface area contributed by atoms with Gasteiger partial charge in [0.2, 0.25) is 0 Å². The van der Waals surface area contributed by atoms with E-state index in [0.29, 0.717) is 0 Å². The van der Waals surface area contributed by atoms with Gasteiger partial charge in [-0.25, -0.2) is 0 Å². The zero-order valence-electron chi connectivity index (χ0n) is 69.5. The first-order valence-corrected chi connectivity index (χ1v) is 43.7. The molecule has 0 saturated carbocycles. The first-order chi connectivity index (χ1) is 62.2. The second-order valence-corrected chi connectivity index (χ2v) is 34.8. The summed E-state index contributed by atoms with van der Waals surface area (Å²) in [4.78, 5) is 0. The molecule has 19 aromatic carbocycles. The molecule has 0 aliphatic rings. The summed E-state index contributed by atoms with van der Waals surface area (Å²) in [6, 6.07) is 142. The number of para-hydroxylation sites is 9. The van der Waals surface area contributed by atoms with Crippen LogP contribution in [0.5, 0.6) is 0 Å². The highest BCUT2D eigenvalue weighted by Gasteiger charge is 2.27. The third-order valence-electron chi connectivity index (χ3n) is 28.6. The van der Waals surface area contributed by atoms with Gasteiger partial charge in [-0.05, 0) is 155 Å². The minimum Gasteiger partial charge on any atom is -0.344 e. The first kappa shape index (κ1) is 75.1. The normalized spacial score (nSPS) is 12.2. The molecule has 0 radical (unpaired) electrons. The Kier molecular flexibility index (Phi) is 16.2.